The summed E-state index contributed by atoms with van der Waals surface area (Å²) in [7, 11) is 0. The molecular formula is C18H19Cl2N3O5. The van der Waals surface area contributed by atoms with Crippen molar-refractivity contribution in [1.29, 1.82) is 0 Å². The number of aromatic nitrogens is 2. The Hall–Kier alpha value is -2.13. The number of aliphatic hydroxyl groups is 1. The molecular weight excluding hydrogens is 409 g/mol. The van der Waals surface area contributed by atoms with E-state index in [1.54, 1.807) is 25.1 Å². The molecule has 1 fully saturated rings. The second kappa shape index (κ2) is 8.48. The third-order valence-electron chi connectivity index (χ3n) is 4.59. The quantitative estimate of drug-likeness (QED) is 0.668. The average Bonchev–Trinajstić information content (AvgIpc) is 3.00. The number of hydrogen-bond acceptors (Lipinski definition) is 5. The first-order valence-electron chi connectivity index (χ1n) is 8.71. The number of amides is 1. The fourth-order valence-electron chi connectivity index (χ4n) is 3.06. The van der Waals surface area contributed by atoms with Crippen LogP contribution in [-0.4, -0.2) is 39.3 Å². The van der Waals surface area contributed by atoms with Gasteiger partial charge in [0, 0.05) is 24.7 Å². The molecule has 8 nitrogen and oxygen atoms in total. The van der Waals surface area contributed by atoms with Crippen LogP contribution in [0, 0.1) is 0 Å². The Labute approximate surface area is 170 Å². The van der Waals surface area contributed by atoms with E-state index in [1.165, 1.54) is 10.8 Å². The lowest BCUT2D eigenvalue weighted by molar-refractivity contribution is -0.0187. The summed E-state index contributed by atoms with van der Waals surface area (Å²) < 4.78 is 6.98. The van der Waals surface area contributed by atoms with Crippen molar-refractivity contribution in [1.82, 2.24) is 14.9 Å². The van der Waals surface area contributed by atoms with Gasteiger partial charge in [-0.15, -0.1) is 0 Å². The third-order valence-corrected chi connectivity index (χ3v) is 5.22. The smallest absolute Gasteiger partial charge is 0.330 e. The number of aryl methyl sites for hydroxylation is 1. The number of ether oxygens (including phenoxy) is 1. The topological polar surface area (TPSA) is 113 Å². The molecule has 1 aromatic carbocycles. The van der Waals surface area contributed by atoms with Gasteiger partial charge < -0.3 is 15.2 Å². The number of carbonyl (C=O) groups excluding carboxylic acids is 1. The molecule has 1 amide bonds. The van der Waals surface area contributed by atoms with Gasteiger partial charge in [0.25, 0.3) is 11.5 Å². The normalized spacial score (nSPS) is 21.6. The fourth-order valence-corrected chi connectivity index (χ4v) is 3.63. The van der Waals surface area contributed by atoms with Crippen LogP contribution in [0.15, 0.2) is 34.0 Å². The van der Waals surface area contributed by atoms with Crippen LogP contribution < -0.4 is 16.6 Å². The minimum atomic E-state index is -0.907. The largest absolute Gasteiger partial charge is 0.390 e. The zero-order valence-electron chi connectivity index (χ0n) is 14.9. The standard InChI is InChI=1S/C18H19Cl2N3O5/c1-2-9-8-23(18(27)22-16(9)25)14-6-12(24)13(28-14)7-21-17(26)15-10(19)4-3-5-11(15)20/h3-5,8,12-14,24H,2,6-7H2,1H3,(H,21,26)(H,22,25,27). The molecule has 0 bridgehead atoms. The van der Waals surface area contributed by atoms with Crippen LogP contribution in [0.2, 0.25) is 10.0 Å². The number of hydrogen-bond donors (Lipinski definition) is 3. The van der Waals surface area contributed by atoms with E-state index in [0.717, 1.165) is 0 Å². The molecule has 3 rings (SSSR count). The van der Waals surface area contributed by atoms with Crippen molar-refractivity contribution >= 4 is 29.1 Å². The summed E-state index contributed by atoms with van der Waals surface area (Å²) in [5, 5.41) is 13.3. The molecule has 1 aliphatic heterocycles. The van der Waals surface area contributed by atoms with Crippen LogP contribution in [0.3, 0.4) is 0 Å². The van der Waals surface area contributed by atoms with Gasteiger partial charge in [0.2, 0.25) is 0 Å². The summed E-state index contributed by atoms with van der Waals surface area (Å²) in [4.78, 5) is 38.4. The van der Waals surface area contributed by atoms with Crippen LogP contribution in [0.4, 0.5) is 0 Å². The lowest BCUT2D eigenvalue weighted by atomic mass is 10.1. The molecule has 0 spiro atoms. The Morgan fingerprint density at radius 2 is 2.04 bits per heavy atom. The summed E-state index contributed by atoms with van der Waals surface area (Å²) in [6, 6.07) is 4.72. The number of aromatic amines is 1. The van der Waals surface area contributed by atoms with E-state index in [1.807, 2.05) is 0 Å². The van der Waals surface area contributed by atoms with E-state index in [2.05, 4.69) is 10.3 Å². The van der Waals surface area contributed by atoms with Crippen LogP contribution >= 0.6 is 23.2 Å². The third kappa shape index (κ3) is 4.15. The second-order valence-corrected chi connectivity index (χ2v) is 7.23. The molecule has 10 heteroatoms. The first-order chi connectivity index (χ1) is 13.3. The number of H-pyrrole nitrogens is 1. The van der Waals surface area contributed by atoms with Gasteiger partial charge in [0.1, 0.15) is 12.3 Å². The van der Waals surface area contributed by atoms with Gasteiger partial charge in [-0.3, -0.25) is 19.1 Å². The Morgan fingerprint density at radius 1 is 1.36 bits per heavy atom. The van der Waals surface area contributed by atoms with Gasteiger partial charge in [-0.25, -0.2) is 4.79 Å². The number of nitrogens with zero attached hydrogens (tertiary/aromatic N) is 1. The number of nitrogens with one attached hydrogen (secondary N) is 2. The highest BCUT2D eigenvalue weighted by Crippen LogP contribution is 2.28. The number of benzene rings is 1. The highest BCUT2D eigenvalue weighted by molar-refractivity contribution is 6.39. The molecule has 3 unspecified atom stereocenters. The minimum Gasteiger partial charge on any atom is -0.390 e. The van der Waals surface area contributed by atoms with E-state index >= 15 is 0 Å². The fraction of sp³-hybridized carbons (Fsp3) is 0.389. The van der Waals surface area contributed by atoms with Gasteiger partial charge in [-0.2, -0.15) is 0 Å². The number of rotatable bonds is 5. The minimum absolute atomic E-state index is 0.00318. The Balaban J connectivity index is 1.70. The van der Waals surface area contributed by atoms with E-state index in [0.29, 0.717) is 12.0 Å². The van der Waals surface area contributed by atoms with Gasteiger partial charge in [-0.05, 0) is 18.6 Å². The molecule has 1 aromatic heterocycles. The number of aliphatic hydroxyl groups excluding tert-OH is 1. The molecule has 1 aliphatic rings. The number of halogens is 2. The summed E-state index contributed by atoms with van der Waals surface area (Å²) in [5.41, 5.74) is -0.489. The molecule has 150 valence electrons. The first kappa shape index (κ1) is 20.6. The van der Waals surface area contributed by atoms with E-state index < -0.39 is 35.6 Å². The molecule has 3 N–H and O–H groups in total. The van der Waals surface area contributed by atoms with Crippen molar-refractivity contribution in [3.8, 4) is 0 Å². The van der Waals surface area contributed by atoms with Crippen molar-refractivity contribution in [2.75, 3.05) is 6.54 Å². The van der Waals surface area contributed by atoms with Crippen molar-refractivity contribution in [3.63, 3.8) is 0 Å². The number of carbonyl (C=O) groups is 1. The SMILES string of the molecule is CCc1cn(C2CC(O)C(CNC(=O)c3c(Cl)cccc3Cl)O2)c(=O)[nH]c1=O. The molecule has 1 saturated heterocycles. The van der Waals surface area contributed by atoms with Crippen molar-refractivity contribution in [3.05, 3.63) is 66.4 Å². The summed E-state index contributed by atoms with van der Waals surface area (Å²) in [6.45, 7) is 1.79. The molecule has 2 aromatic rings. The monoisotopic (exact) mass is 427 g/mol. The lowest BCUT2D eigenvalue weighted by Crippen LogP contribution is -2.37. The second-order valence-electron chi connectivity index (χ2n) is 6.41. The van der Waals surface area contributed by atoms with E-state index in [9.17, 15) is 19.5 Å². The first-order valence-corrected chi connectivity index (χ1v) is 9.47. The van der Waals surface area contributed by atoms with Crippen molar-refractivity contribution in [2.45, 2.75) is 38.2 Å². The maximum Gasteiger partial charge on any atom is 0.330 e. The molecule has 0 aliphatic carbocycles. The zero-order chi connectivity index (χ0) is 20.4. The molecule has 2 heterocycles. The molecule has 3 atom stereocenters. The highest BCUT2D eigenvalue weighted by Gasteiger charge is 2.36. The van der Waals surface area contributed by atoms with Gasteiger partial charge in [0.05, 0.1) is 21.7 Å². The Morgan fingerprint density at radius 3 is 2.68 bits per heavy atom. The van der Waals surface area contributed by atoms with Crippen molar-refractivity contribution in [2.24, 2.45) is 0 Å². The maximum absolute atomic E-state index is 12.4. The molecule has 0 radical (unpaired) electrons. The molecule has 28 heavy (non-hydrogen) atoms. The maximum atomic E-state index is 12.4. The zero-order valence-corrected chi connectivity index (χ0v) is 16.5. The van der Waals surface area contributed by atoms with E-state index in [4.69, 9.17) is 27.9 Å². The van der Waals surface area contributed by atoms with Crippen LogP contribution in [0.1, 0.15) is 35.5 Å². The predicted octanol–water partition coefficient (Wildman–Crippen LogP) is 1.48. The molecule has 0 saturated carbocycles. The van der Waals surface area contributed by atoms with Crippen LogP contribution in [-0.2, 0) is 11.2 Å². The van der Waals surface area contributed by atoms with Crippen LogP contribution in [0.25, 0.3) is 0 Å². The van der Waals surface area contributed by atoms with Gasteiger partial charge >= 0.3 is 5.69 Å². The highest BCUT2D eigenvalue weighted by atomic mass is 35.5. The van der Waals surface area contributed by atoms with Crippen molar-refractivity contribution < 1.29 is 14.6 Å². The predicted molar refractivity (Wildman–Crippen MR) is 104 cm³/mol. The summed E-state index contributed by atoms with van der Waals surface area (Å²) in [6.07, 6.45) is -0.375. The Kier molecular flexibility index (Phi) is 6.24. The summed E-state index contributed by atoms with van der Waals surface area (Å²) in [5.74, 6) is -0.496. The van der Waals surface area contributed by atoms with Crippen LogP contribution in [0.5, 0.6) is 0 Å². The van der Waals surface area contributed by atoms with Gasteiger partial charge in [0.15, 0.2) is 0 Å². The lowest BCUT2D eigenvalue weighted by Gasteiger charge is -2.17. The van der Waals surface area contributed by atoms with Gasteiger partial charge in [-0.1, -0.05) is 36.2 Å². The summed E-state index contributed by atoms with van der Waals surface area (Å²) >= 11 is 12.0. The Bertz CT molecular complexity index is 983. The average molecular weight is 428 g/mol. The van der Waals surface area contributed by atoms with E-state index in [-0.39, 0.29) is 28.6 Å².